The third kappa shape index (κ3) is 6.90. The number of amides is 2. The summed E-state index contributed by atoms with van der Waals surface area (Å²) in [5, 5.41) is 15.3. The monoisotopic (exact) mass is 465 g/mol. The normalized spacial score (nSPS) is 11.5. The molecule has 2 amide bonds. The Bertz CT molecular complexity index is 1130. The lowest BCUT2D eigenvalue weighted by Crippen LogP contribution is -2.42. The Labute approximate surface area is 196 Å². The number of hydrogen-bond donors (Lipinski definition) is 4. The topological polar surface area (TPSA) is 122 Å². The standard InChI is InChI=1S/C25H24ClN3O4/c26-21-4-2-1-3-20(21)24(31)29-22(25(32)33)13-16-5-9-18(10-6-16)19-11-7-17(8-12-19)14-28-15-23(27)30/h1-12,22,28H,13-15H2,(H2,27,30)(H,29,31)(H,32,33)/t22-/m0/s1. The third-order valence-corrected chi connectivity index (χ3v) is 5.36. The largest absolute Gasteiger partial charge is 0.480 e. The summed E-state index contributed by atoms with van der Waals surface area (Å²) in [6, 6.07) is 20.8. The van der Waals surface area contributed by atoms with Crippen LogP contribution in [0.15, 0.2) is 72.8 Å². The highest BCUT2D eigenvalue weighted by molar-refractivity contribution is 6.33. The number of carbonyl (C=O) groups excluding carboxylic acids is 2. The summed E-state index contributed by atoms with van der Waals surface area (Å²) in [6.07, 6.45) is 0.135. The van der Waals surface area contributed by atoms with E-state index in [4.69, 9.17) is 17.3 Å². The number of carboxylic acids is 1. The number of benzene rings is 3. The van der Waals surface area contributed by atoms with Gasteiger partial charge in [0, 0.05) is 13.0 Å². The van der Waals surface area contributed by atoms with Gasteiger partial charge in [0.2, 0.25) is 5.91 Å². The number of halogens is 1. The second-order valence-electron chi connectivity index (χ2n) is 7.51. The molecule has 8 heteroatoms. The molecule has 0 aromatic heterocycles. The Morgan fingerprint density at radius 2 is 1.45 bits per heavy atom. The molecule has 3 aromatic carbocycles. The molecule has 0 bridgehead atoms. The summed E-state index contributed by atoms with van der Waals surface area (Å²) in [5.41, 5.74) is 9.12. The molecule has 1 atom stereocenters. The molecule has 33 heavy (non-hydrogen) atoms. The van der Waals surface area contributed by atoms with E-state index in [1.54, 1.807) is 24.3 Å². The lowest BCUT2D eigenvalue weighted by Gasteiger charge is -2.15. The van der Waals surface area contributed by atoms with Crippen molar-refractivity contribution in [1.29, 1.82) is 0 Å². The van der Waals surface area contributed by atoms with Crippen molar-refractivity contribution in [3.05, 3.63) is 94.5 Å². The molecule has 3 rings (SSSR count). The van der Waals surface area contributed by atoms with Gasteiger partial charge >= 0.3 is 5.97 Å². The maximum absolute atomic E-state index is 12.5. The van der Waals surface area contributed by atoms with E-state index in [2.05, 4.69) is 10.6 Å². The Morgan fingerprint density at radius 1 is 0.879 bits per heavy atom. The van der Waals surface area contributed by atoms with Crippen molar-refractivity contribution in [2.24, 2.45) is 5.73 Å². The highest BCUT2D eigenvalue weighted by atomic mass is 35.5. The SMILES string of the molecule is NC(=O)CNCc1ccc(-c2ccc(C[C@H](NC(=O)c3ccccc3Cl)C(=O)O)cc2)cc1. The lowest BCUT2D eigenvalue weighted by molar-refractivity contribution is -0.139. The average molecular weight is 466 g/mol. The van der Waals surface area contributed by atoms with Gasteiger partial charge in [-0.25, -0.2) is 4.79 Å². The fourth-order valence-electron chi connectivity index (χ4n) is 3.30. The van der Waals surface area contributed by atoms with E-state index in [1.807, 2.05) is 48.5 Å². The van der Waals surface area contributed by atoms with Crippen molar-refractivity contribution in [3.8, 4) is 11.1 Å². The number of aliphatic carboxylic acids is 1. The molecule has 7 nitrogen and oxygen atoms in total. The number of carboxylic acid groups (broad SMARTS) is 1. The quantitative estimate of drug-likeness (QED) is 0.366. The zero-order valence-electron chi connectivity index (χ0n) is 17.8. The van der Waals surface area contributed by atoms with Crippen molar-refractivity contribution in [2.45, 2.75) is 19.0 Å². The van der Waals surface area contributed by atoms with Gasteiger partial charge in [-0.3, -0.25) is 9.59 Å². The van der Waals surface area contributed by atoms with Crippen LogP contribution in [0.4, 0.5) is 0 Å². The number of nitrogens with one attached hydrogen (secondary N) is 2. The van der Waals surface area contributed by atoms with E-state index < -0.39 is 23.8 Å². The van der Waals surface area contributed by atoms with Crippen molar-refractivity contribution < 1.29 is 19.5 Å². The summed E-state index contributed by atoms with van der Waals surface area (Å²) in [5.74, 6) is -2.06. The van der Waals surface area contributed by atoms with Gasteiger partial charge in [-0.15, -0.1) is 0 Å². The third-order valence-electron chi connectivity index (χ3n) is 5.03. The van der Waals surface area contributed by atoms with Crippen molar-refractivity contribution >= 4 is 29.4 Å². The average Bonchev–Trinajstić information content (AvgIpc) is 2.79. The molecule has 0 radical (unpaired) electrons. The molecule has 0 heterocycles. The van der Waals surface area contributed by atoms with Crippen LogP contribution in [0.1, 0.15) is 21.5 Å². The summed E-state index contributed by atoms with van der Waals surface area (Å²) in [7, 11) is 0. The van der Waals surface area contributed by atoms with Crippen LogP contribution in [-0.4, -0.2) is 35.5 Å². The highest BCUT2D eigenvalue weighted by Crippen LogP contribution is 2.21. The smallest absolute Gasteiger partial charge is 0.326 e. The van der Waals surface area contributed by atoms with Crippen LogP contribution in [0.2, 0.25) is 5.02 Å². The van der Waals surface area contributed by atoms with Crippen LogP contribution >= 0.6 is 11.6 Å². The van der Waals surface area contributed by atoms with Crippen molar-refractivity contribution in [2.75, 3.05) is 6.54 Å². The number of nitrogens with two attached hydrogens (primary N) is 1. The van der Waals surface area contributed by atoms with Gasteiger partial charge in [-0.1, -0.05) is 72.3 Å². The van der Waals surface area contributed by atoms with E-state index in [9.17, 15) is 19.5 Å². The Balaban J connectivity index is 1.63. The van der Waals surface area contributed by atoms with Crippen LogP contribution in [0, 0.1) is 0 Å². The second-order valence-corrected chi connectivity index (χ2v) is 7.92. The molecule has 0 aliphatic heterocycles. The van der Waals surface area contributed by atoms with E-state index in [1.165, 1.54) is 0 Å². The molecule has 0 aliphatic carbocycles. The Hall–Kier alpha value is -3.68. The summed E-state index contributed by atoms with van der Waals surface area (Å²) >= 11 is 6.03. The second kappa shape index (κ2) is 11.3. The molecular formula is C25H24ClN3O4. The molecule has 0 spiro atoms. The lowest BCUT2D eigenvalue weighted by atomic mass is 9.99. The minimum Gasteiger partial charge on any atom is -0.480 e. The molecule has 170 valence electrons. The summed E-state index contributed by atoms with van der Waals surface area (Å²) in [6.45, 7) is 0.665. The van der Waals surface area contributed by atoms with Gasteiger partial charge in [0.05, 0.1) is 17.1 Å². The molecule has 0 aliphatic rings. The zero-order valence-corrected chi connectivity index (χ0v) is 18.5. The van der Waals surface area contributed by atoms with Gasteiger partial charge in [0.15, 0.2) is 0 Å². The first-order valence-electron chi connectivity index (χ1n) is 10.3. The van der Waals surface area contributed by atoms with Gasteiger partial charge in [0.1, 0.15) is 6.04 Å². The van der Waals surface area contributed by atoms with Crippen molar-refractivity contribution in [3.63, 3.8) is 0 Å². The number of primary amides is 1. The van der Waals surface area contributed by atoms with Crippen molar-refractivity contribution in [1.82, 2.24) is 10.6 Å². The summed E-state index contributed by atoms with van der Waals surface area (Å²) in [4.78, 5) is 35.0. The van der Waals surface area contributed by atoms with Gasteiger partial charge in [-0.2, -0.15) is 0 Å². The highest BCUT2D eigenvalue weighted by Gasteiger charge is 2.22. The molecule has 3 aromatic rings. The first kappa shape index (κ1) is 24.0. The fraction of sp³-hybridized carbons (Fsp3) is 0.160. The Kier molecular flexibility index (Phi) is 8.18. The number of carbonyl (C=O) groups is 3. The van der Waals surface area contributed by atoms with Crippen LogP contribution in [-0.2, 0) is 22.6 Å². The molecule has 0 saturated heterocycles. The minimum absolute atomic E-state index is 0.124. The molecule has 5 N–H and O–H groups in total. The van der Waals surface area contributed by atoms with E-state index in [0.717, 1.165) is 22.3 Å². The first-order valence-corrected chi connectivity index (χ1v) is 10.7. The van der Waals surface area contributed by atoms with Crippen LogP contribution in [0.5, 0.6) is 0 Å². The predicted octanol–water partition coefficient (Wildman–Crippen LogP) is 3.01. The van der Waals surface area contributed by atoms with Gasteiger partial charge < -0.3 is 21.5 Å². The van der Waals surface area contributed by atoms with E-state index in [-0.39, 0.29) is 23.6 Å². The molecule has 0 saturated carbocycles. The van der Waals surface area contributed by atoms with Crippen LogP contribution in [0.25, 0.3) is 11.1 Å². The van der Waals surface area contributed by atoms with E-state index in [0.29, 0.717) is 6.54 Å². The molecule has 0 fully saturated rings. The fourth-order valence-corrected chi connectivity index (χ4v) is 3.52. The predicted molar refractivity (Wildman–Crippen MR) is 127 cm³/mol. The molecular weight excluding hydrogens is 442 g/mol. The Morgan fingerprint density at radius 3 is 2.00 bits per heavy atom. The van der Waals surface area contributed by atoms with Crippen LogP contribution < -0.4 is 16.4 Å². The maximum Gasteiger partial charge on any atom is 0.326 e. The summed E-state index contributed by atoms with van der Waals surface area (Å²) < 4.78 is 0. The van der Waals surface area contributed by atoms with Gasteiger partial charge in [0.25, 0.3) is 5.91 Å². The first-order chi connectivity index (χ1) is 15.8. The van der Waals surface area contributed by atoms with Crippen LogP contribution in [0.3, 0.4) is 0 Å². The minimum atomic E-state index is -1.12. The zero-order chi connectivity index (χ0) is 23.8. The number of hydrogen-bond acceptors (Lipinski definition) is 4. The molecule has 0 unspecified atom stereocenters. The number of rotatable bonds is 10. The maximum atomic E-state index is 12.5. The van der Waals surface area contributed by atoms with Gasteiger partial charge in [-0.05, 0) is 34.4 Å². The van der Waals surface area contributed by atoms with E-state index >= 15 is 0 Å².